The predicted octanol–water partition coefficient (Wildman–Crippen LogP) is 5.16. The summed E-state index contributed by atoms with van der Waals surface area (Å²) in [5.41, 5.74) is 3.90. The highest BCUT2D eigenvalue weighted by Crippen LogP contribution is 2.43. The number of anilines is 2. The molecule has 2 amide bonds. The molecule has 0 heterocycles. The van der Waals surface area contributed by atoms with Gasteiger partial charge in [-0.2, -0.15) is 0 Å². The summed E-state index contributed by atoms with van der Waals surface area (Å²) in [7, 11) is 7.35. The minimum absolute atomic E-state index is 0.0515. The van der Waals surface area contributed by atoms with Gasteiger partial charge in [-0.15, -0.1) is 0 Å². The summed E-state index contributed by atoms with van der Waals surface area (Å²) in [6.07, 6.45) is 4.16. The number of ketones is 1. The van der Waals surface area contributed by atoms with E-state index in [2.05, 4.69) is 10.6 Å². The number of allylic oxidation sites excluding steroid dienone is 5. The first-order chi connectivity index (χ1) is 27.5. The van der Waals surface area contributed by atoms with Crippen molar-refractivity contribution >= 4 is 51.6 Å². The first kappa shape index (κ1) is 42.1. The molecule has 302 valence electrons. The fraction of sp³-hybridized carbons (Fsp3) is 0.286. The van der Waals surface area contributed by atoms with E-state index in [-0.39, 0.29) is 82.9 Å². The first-order valence-corrected chi connectivity index (χ1v) is 18.4. The number of hydrogen-bond acceptors (Lipinski definition) is 11. The average Bonchev–Trinajstić information content (AvgIpc) is 3.17. The number of rotatable bonds is 16. The van der Waals surface area contributed by atoms with Crippen molar-refractivity contribution in [2.24, 2.45) is 0 Å². The third-order valence-corrected chi connectivity index (χ3v) is 9.36. The summed E-state index contributed by atoms with van der Waals surface area (Å²) >= 11 is 0. The lowest BCUT2D eigenvalue weighted by Crippen LogP contribution is -2.34. The Kier molecular flexibility index (Phi) is 13.2. The second kappa shape index (κ2) is 18.2. The molecule has 0 aliphatic heterocycles. The number of nitro benzene ring substituents is 2. The summed E-state index contributed by atoms with van der Waals surface area (Å²) in [6.45, 7) is 4.02. The SMILES string of the molecule is CC1=C/C(=C2\C(=O)C(c3cc(C)c(N(C)C)cc3NC(=O)CCCOc3ccc([N+](=O)[O-])cc3)=C2[O-])C(NC(=O)CCCOc2ccc([N+](=O)[O-])cc2)=CC1=[N+](C)C. The number of Topliss-reactive ketones (excluding diaryl/α,β-unsaturated/α-hetero) is 1. The second-order valence-corrected chi connectivity index (χ2v) is 14.1. The lowest BCUT2D eigenvalue weighted by atomic mass is 9.77. The molecule has 0 fully saturated rings. The largest absolute Gasteiger partial charge is 0.871 e. The van der Waals surface area contributed by atoms with Gasteiger partial charge in [-0.25, -0.2) is 4.58 Å². The Balaban J connectivity index is 1.34. The molecule has 0 aromatic heterocycles. The molecule has 3 aromatic rings. The van der Waals surface area contributed by atoms with Crippen LogP contribution in [0.3, 0.4) is 0 Å². The third-order valence-electron chi connectivity index (χ3n) is 9.36. The molecule has 0 saturated carbocycles. The zero-order chi connectivity index (χ0) is 42.3. The lowest BCUT2D eigenvalue weighted by molar-refractivity contribution is -0.463. The van der Waals surface area contributed by atoms with Crippen LogP contribution in [0.2, 0.25) is 0 Å². The van der Waals surface area contributed by atoms with Crippen LogP contribution in [0, 0.1) is 27.2 Å². The van der Waals surface area contributed by atoms with Crippen molar-refractivity contribution in [1.29, 1.82) is 0 Å². The number of benzene rings is 3. The summed E-state index contributed by atoms with van der Waals surface area (Å²) < 4.78 is 13.1. The van der Waals surface area contributed by atoms with E-state index >= 15 is 0 Å². The van der Waals surface area contributed by atoms with E-state index in [1.54, 1.807) is 24.3 Å². The van der Waals surface area contributed by atoms with Crippen LogP contribution in [0.4, 0.5) is 22.7 Å². The molecule has 2 N–H and O–H groups in total. The highest BCUT2D eigenvalue weighted by molar-refractivity contribution is 6.40. The zero-order valence-electron chi connectivity index (χ0n) is 33.0. The van der Waals surface area contributed by atoms with E-state index in [4.69, 9.17) is 9.47 Å². The van der Waals surface area contributed by atoms with Crippen LogP contribution in [-0.2, 0) is 14.4 Å². The average molecular weight is 793 g/mol. The lowest BCUT2D eigenvalue weighted by Gasteiger charge is -2.35. The molecule has 0 atom stereocenters. The van der Waals surface area contributed by atoms with Crippen LogP contribution in [0.15, 0.2) is 101 Å². The predicted molar refractivity (Wildman–Crippen MR) is 216 cm³/mol. The topological polar surface area (TPSA) is 209 Å². The van der Waals surface area contributed by atoms with Crippen LogP contribution in [0.5, 0.6) is 11.5 Å². The van der Waals surface area contributed by atoms with E-state index in [0.717, 1.165) is 22.5 Å². The van der Waals surface area contributed by atoms with E-state index in [0.29, 0.717) is 24.3 Å². The van der Waals surface area contributed by atoms with Crippen LogP contribution < -0.4 is 30.1 Å². The number of hydrogen-bond donors (Lipinski definition) is 2. The maximum atomic E-state index is 14.1. The van der Waals surface area contributed by atoms with Gasteiger partial charge in [0.1, 0.15) is 25.6 Å². The van der Waals surface area contributed by atoms with Gasteiger partial charge in [0.2, 0.25) is 17.5 Å². The number of nitrogens with zero attached hydrogens (tertiary/aromatic N) is 4. The molecule has 2 aliphatic carbocycles. The molecule has 16 nitrogen and oxygen atoms in total. The summed E-state index contributed by atoms with van der Waals surface area (Å²) in [5, 5.41) is 41.6. The normalized spacial score (nSPS) is 14.9. The Morgan fingerprint density at radius 2 is 1.28 bits per heavy atom. The van der Waals surface area contributed by atoms with Crippen LogP contribution >= 0.6 is 0 Å². The fourth-order valence-corrected chi connectivity index (χ4v) is 6.46. The molecular formula is C42H44N6O10. The van der Waals surface area contributed by atoms with Gasteiger partial charge >= 0.3 is 0 Å². The standard InChI is InChI=1S/C42H44N6O10/c1-25-21-31(33(23-35(25)45(3)4)43-37(49)9-7-19-57-29-15-11-27(12-16-29)47(53)54)39-41(51)40(42(39)52)32-22-26(2)36(46(5)6)24-34(32)44-38(50)10-8-20-58-30-17-13-28(14-18-30)48(55)56/h11-18,21-24H,7-10,19-20H2,1-6H3,(H2,43,44,49,50,51,52). The van der Waals surface area contributed by atoms with Gasteiger partial charge < -0.3 is 30.1 Å². The molecule has 58 heavy (non-hydrogen) atoms. The molecule has 0 saturated heterocycles. The molecule has 0 radical (unpaired) electrons. The van der Waals surface area contributed by atoms with Crippen molar-refractivity contribution in [2.45, 2.75) is 39.5 Å². The van der Waals surface area contributed by atoms with Crippen molar-refractivity contribution in [3.63, 3.8) is 0 Å². The van der Waals surface area contributed by atoms with Gasteiger partial charge in [0.25, 0.3) is 11.4 Å². The van der Waals surface area contributed by atoms with E-state index in [1.807, 2.05) is 51.5 Å². The number of non-ortho nitro benzene ring substituents is 2. The van der Waals surface area contributed by atoms with E-state index in [9.17, 15) is 39.7 Å². The maximum Gasteiger partial charge on any atom is 0.269 e. The highest BCUT2D eigenvalue weighted by Gasteiger charge is 2.35. The Morgan fingerprint density at radius 1 is 0.759 bits per heavy atom. The van der Waals surface area contributed by atoms with E-state index in [1.165, 1.54) is 48.5 Å². The van der Waals surface area contributed by atoms with Crippen molar-refractivity contribution in [1.82, 2.24) is 5.32 Å². The van der Waals surface area contributed by atoms with Gasteiger partial charge in [-0.05, 0) is 74.7 Å². The maximum absolute atomic E-state index is 14.1. The second-order valence-electron chi connectivity index (χ2n) is 14.1. The Bertz CT molecular complexity index is 2320. The molecule has 16 heteroatoms. The quantitative estimate of drug-likeness (QED) is 0.0637. The summed E-state index contributed by atoms with van der Waals surface area (Å²) in [5.74, 6) is -0.952. The summed E-state index contributed by atoms with van der Waals surface area (Å²) in [4.78, 5) is 63.1. The van der Waals surface area contributed by atoms with Crippen molar-refractivity contribution < 1.29 is 43.4 Å². The minimum atomic E-state index is -0.530. The Hall–Kier alpha value is -7.10. The van der Waals surface area contributed by atoms with Crippen molar-refractivity contribution in [2.75, 3.05) is 51.6 Å². The minimum Gasteiger partial charge on any atom is -0.871 e. The number of nitro groups is 2. The van der Waals surface area contributed by atoms with Crippen LogP contribution in [-0.4, -0.2) is 79.1 Å². The van der Waals surface area contributed by atoms with Crippen molar-refractivity contribution in [3.05, 3.63) is 132 Å². The molecule has 0 spiro atoms. The number of ether oxygens (including phenoxy) is 2. The zero-order valence-corrected chi connectivity index (χ0v) is 33.0. The molecular weight excluding hydrogens is 748 g/mol. The van der Waals surface area contributed by atoms with Crippen LogP contribution in [0.1, 0.15) is 43.7 Å². The number of aryl methyl sites for hydroxylation is 1. The van der Waals surface area contributed by atoms with Gasteiger partial charge in [-0.3, -0.25) is 34.6 Å². The Labute approximate surface area is 334 Å². The van der Waals surface area contributed by atoms with Gasteiger partial charge in [0.05, 0.1) is 34.4 Å². The number of amides is 2. The molecule has 0 unspecified atom stereocenters. The van der Waals surface area contributed by atoms with Crippen LogP contribution in [0.25, 0.3) is 5.57 Å². The molecule has 0 bridgehead atoms. The van der Waals surface area contributed by atoms with E-state index < -0.39 is 21.4 Å². The third kappa shape index (κ3) is 9.82. The van der Waals surface area contributed by atoms with Gasteiger partial charge in [0, 0.05) is 90.8 Å². The first-order valence-electron chi connectivity index (χ1n) is 18.4. The fourth-order valence-electron chi connectivity index (χ4n) is 6.46. The molecule has 3 aromatic carbocycles. The Morgan fingerprint density at radius 3 is 1.74 bits per heavy atom. The molecule has 5 rings (SSSR count). The number of carbonyl (C=O) groups excluding carboxylic acids is 3. The van der Waals surface area contributed by atoms with Gasteiger partial charge in [0.15, 0.2) is 5.78 Å². The van der Waals surface area contributed by atoms with Gasteiger partial charge in [-0.1, -0.05) is 5.76 Å². The smallest absolute Gasteiger partial charge is 0.269 e. The molecule has 2 aliphatic rings. The monoisotopic (exact) mass is 792 g/mol. The highest BCUT2D eigenvalue weighted by atomic mass is 16.6. The number of nitrogens with one attached hydrogen (secondary N) is 2. The summed E-state index contributed by atoms with van der Waals surface area (Å²) in [6, 6.07) is 14.7. The van der Waals surface area contributed by atoms with Crippen molar-refractivity contribution in [3.8, 4) is 11.5 Å². The number of carbonyl (C=O) groups is 3.